The molecule has 1 saturated heterocycles. The number of nitrogens with zero attached hydrogens (tertiary/aromatic N) is 3. The van der Waals surface area contributed by atoms with Gasteiger partial charge in [-0.1, -0.05) is 11.6 Å². The third-order valence-corrected chi connectivity index (χ3v) is 3.93. The van der Waals surface area contributed by atoms with Crippen molar-refractivity contribution >= 4 is 17.5 Å². The Hall–Kier alpha value is -1.99. The first-order chi connectivity index (χ1) is 10.6. The first kappa shape index (κ1) is 14.9. The summed E-state index contributed by atoms with van der Waals surface area (Å²) in [5.41, 5.74) is 0.200. The standard InChI is InChI=1S/C14H14ClFN4O2/c1-22-11-5-12(13-17-7-18-19-13)20(6-11)14(21)8-2-9(15)4-10(16)3-8/h2-4,7,11-12H,5-6H2,1H3,(H,17,18,19)/t11-,12+/m1/s1. The van der Waals surface area contributed by atoms with E-state index in [1.807, 2.05) is 0 Å². The molecule has 2 atom stereocenters. The van der Waals surface area contributed by atoms with Gasteiger partial charge in [0.2, 0.25) is 0 Å². The maximum Gasteiger partial charge on any atom is 0.254 e. The first-order valence-electron chi connectivity index (χ1n) is 6.73. The molecule has 116 valence electrons. The van der Waals surface area contributed by atoms with E-state index in [2.05, 4.69) is 15.2 Å². The van der Waals surface area contributed by atoms with Crippen molar-refractivity contribution in [3.05, 3.63) is 46.8 Å². The zero-order valence-electron chi connectivity index (χ0n) is 11.8. The largest absolute Gasteiger partial charge is 0.380 e. The van der Waals surface area contributed by atoms with E-state index in [0.717, 1.165) is 6.07 Å². The van der Waals surface area contributed by atoms with E-state index in [0.29, 0.717) is 18.8 Å². The van der Waals surface area contributed by atoms with E-state index < -0.39 is 5.82 Å². The van der Waals surface area contributed by atoms with Gasteiger partial charge >= 0.3 is 0 Å². The molecule has 1 aromatic carbocycles. The Kier molecular flexibility index (Phi) is 4.08. The lowest BCUT2D eigenvalue weighted by Crippen LogP contribution is -2.32. The van der Waals surface area contributed by atoms with Crippen LogP contribution in [0.2, 0.25) is 5.02 Å². The minimum atomic E-state index is -0.547. The molecule has 22 heavy (non-hydrogen) atoms. The lowest BCUT2D eigenvalue weighted by Gasteiger charge is -2.22. The number of carbonyl (C=O) groups is 1. The lowest BCUT2D eigenvalue weighted by atomic mass is 10.1. The number of ether oxygens (including phenoxy) is 1. The van der Waals surface area contributed by atoms with Gasteiger partial charge in [0.1, 0.15) is 18.0 Å². The number of methoxy groups -OCH3 is 1. The Bertz CT molecular complexity index is 659. The molecule has 0 radical (unpaired) electrons. The van der Waals surface area contributed by atoms with Crippen LogP contribution in [0.3, 0.4) is 0 Å². The highest BCUT2D eigenvalue weighted by Gasteiger charge is 2.38. The maximum absolute atomic E-state index is 13.5. The predicted octanol–water partition coefficient (Wildman–Crippen LogP) is 2.20. The summed E-state index contributed by atoms with van der Waals surface area (Å²) in [4.78, 5) is 18.4. The number of hydrogen-bond donors (Lipinski definition) is 1. The van der Waals surface area contributed by atoms with Crippen LogP contribution in [0.5, 0.6) is 0 Å². The third-order valence-electron chi connectivity index (χ3n) is 3.72. The normalized spacial score (nSPS) is 21.3. The number of aromatic nitrogens is 3. The molecule has 8 heteroatoms. The van der Waals surface area contributed by atoms with Crippen molar-refractivity contribution in [1.29, 1.82) is 0 Å². The van der Waals surface area contributed by atoms with E-state index in [1.54, 1.807) is 12.0 Å². The number of benzene rings is 1. The second-order valence-corrected chi connectivity index (χ2v) is 5.53. The van der Waals surface area contributed by atoms with Gasteiger partial charge in [-0.15, -0.1) is 0 Å². The van der Waals surface area contributed by atoms with Crippen molar-refractivity contribution in [3.63, 3.8) is 0 Å². The first-order valence-corrected chi connectivity index (χ1v) is 7.11. The van der Waals surface area contributed by atoms with Gasteiger partial charge in [0.25, 0.3) is 5.91 Å². The summed E-state index contributed by atoms with van der Waals surface area (Å²) in [5, 5.41) is 6.77. The molecule has 1 fully saturated rings. The fraction of sp³-hybridized carbons (Fsp3) is 0.357. The summed E-state index contributed by atoms with van der Waals surface area (Å²) < 4.78 is 18.8. The SMILES string of the molecule is CO[C@@H]1C[C@@H](c2ncn[nH]2)N(C(=O)c2cc(F)cc(Cl)c2)C1. The quantitative estimate of drug-likeness (QED) is 0.939. The van der Waals surface area contributed by atoms with E-state index in [9.17, 15) is 9.18 Å². The van der Waals surface area contributed by atoms with E-state index in [1.165, 1.54) is 18.5 Å². The van der Waals surface area contributed by atoms with Crippen LogP contribution in [0.25, 0.3) is 0 Å². The van der Waals surface area contributed by atoms with Crippen LogP contribution in [-0.4, -0.2) is 45.7 Å². The zero-order valence-corrected chi connectivity index (χ0v) is 12.5. The van der Waals surface area contributed by atoms with E-state index >= 15 is 0 Å². The zero-order chi connectivity index (χ0) is 15.7. The molecule has 6 nitrogen and oxygen atoms in total. The number of nitrogens with one attached hydrogen (secondary N) is 1. The highest BCUT2D eigenvalue weighted by atomic mass is 35.5. The molecule has 1 aliphatic rings. The van der Waals surface area contributed by atoms with Crippen LogP contribution in [-0.2, 0) is 4.74 Å². The second kappa shape index (κ2) is 6.02. The Balaban J connectivity index is 1.91. The average molecular weight is 325 g/mol. The Morgan fingerprint density at radius 1 is 1.50 bits per heavy atom. The molecule has 1 aromatic heterocycles. The molecule has 1 amide bonds. The molecule has 0 saturated carbocycles. The van der Waals surface area contributed by atoms with Crippen molar-refractivity contribution in [3.8, 4) is 0 Å². The third kappa shape index (κ3) is 2.82. The number of aromatic amines is 1. The number of likely N-dealkylation sites (tertiary alicyclic amines) is 1. The second-order valence-electron chi connectivity index (χ2n) is 5.10. The average Bonchev–Trinajstić information content (AvgIpc) is 3.14. The smallest absolute Gasteiger partial charge is 0.254 e. The van der Waals surface area contributed by atoms with Gasteiger partial charge in [-0.05, 0) is 18.2 Å². The van der Waals surface area contributed by atoms with Crippen molar-refractivity contribution in [2.75, 3.05) is 13.7 Å². The number of halogens is 2. The predicted molar refractivity (Wildman–Crippen MR) is 77.0 cm³/mol. The summed E-state index contributed by atoms with van der Waals surface area (Å²) in [6, 6.07) is 3.49. The van der Waals surface area contributed by atoms with Crippen LogP contribution >= 0.6 is 11.6 Å². The van der Waals surface area contributed by atoms with E-state index in [4.69, 9.17) is 16.3 Å². The summed E-state index contributed by atoms with van der Waals surface area (Å²) in [6.07, 6.45) is 1.88. The van der Waals surface area contributed by atoms with Gasteiger partial charge in [-0.2, -0.15) is 5.10 Å². The Labute approximate surface area is 131 Å². The molecule has 3 rings (SSSR count). The maximum atomic E-state index is 13.5. The molecule has 1 aliphatic heterocycles. The van der Waals surface area contributed by atoms with Crippen molar-refractivity contribution in [2.45, 2.75) is 18.6 Å². The molecule has 2 heterocycles. The van der Waals surface area contributed by atoms with Crippen molar-refractivity contribution < 1.29 is 13.9 Å². The van der Waals surface area contributed by atoms with Crippen LogP contribution in [0.4, 0.5) is 4.39 Å². The lowest BCUT2D eigenvalue weighted by molar-refractivity contribution is 0.0684. The molecule has 2 aromatic rings. The number of amides is 1. The van der Waals surface area contributed by atoms with Crippen LogP contribution in [0.15, 0.2) is 24.5 Å². The highest BCUT2D eigenvalue weighted by Crippen LogP contribution is 2.32. The number of hydrogen-bond acceptors (Lipinski definition) is 4. The number of carbonyl (C=O) groups excluding carboxylic acids is 1. The van der Waals surface area contributed by atoms with Gasteiger partial charge in [0, 0.05) is 30.7 Å². The summed E-state index contributed by atoms with van der Waals surface area (Å²) in [7, 11) is 1.59. The fourth-order valence-corrected chi connectivity index (χ4v) is 2.89. The van der Waals surface area contributed by atoms with Gasteiger partial charge in [-0.25, -0.2) is 9.37 Å². The molecule has 1 N–H and O–H groups in total. The van der Waals surface area contributed by atoms with Gasteiger partial charge in [-0.3, -0.25) is 9.89 Å². The molecule has 0 bridgehead atoms. The van der Waals surface area contributed by atoms with Crippen molar-refractivity contribution in [2.24, 2.45) is 0 Å². The molecule has 0 aliphatic carbocycles. The summed E-state index contributed by atoms with van der Waals surface area (Å²) in [5.74, 6) is -0.285. The van der Waals surface area contributed by atoms with Gasteiger partial charge in [0.15, 0.2) is 0 Å². The van der Waals surface area contributed by atoms with Crippen LogP contribution < -0.4 is 0 Å². The number of rotatable bonds is 3. The highest BCUT2D eigenvalue weighted by molar-refractivity contribution is 6.31. The molecular formula is C14H14ClFN4O2. The fourth-order valence-electron chi connectivity index (χ4n) is 2.67. The monoisotopic (exact) mass is 324 g/mol. The molecule has 0 unspecified atom stereocenters. The Morgan fingerprint density at radius 3 is 2.95 bits per heavy atom. The minimum Gasteiger partial charge on any atom is -0.380 e. The van der Waals surface area contributed by atoms with Crippen molar-refractivity contribution in [1.82, 2.24) is 20.1 Å². The minimum absolute atomic E-state index is 0.108. The number of H-pyrrole nitrogens is 1. The van der Waals surface area contributed by atoms with Gasteiger partial charge < -0.3 is 9.64 Å². The molecule has 0 spiro atoms. The summed E-state index contributed by atoms with van der Waals surface area (Å²) >= 11 is 5.83. The van der Waals surface area contributed by atoms with Crippen LogP contribution in [0, 0.1) is 5.82 Å². The molecular weight excluding hydrogens is 311 g/mol. The topological polar surface area (TPSA) is 71.1 Å². The van der Waals surface area contributed by atoms with Crippen LogP contribution in [0.1, 0.15) is 28.6 Å². The summed E-state index contributed by atoms with van der Waals surface area (Å²) in [6.45, 7) is 0.398. The van der Waals surface area contributed by atoms with Gasteiger partial charge in [0.05, 0.1) is 12.1 Å². The Morgan fingerprint density at radius 2 is 2.32 bits per heavy atom. The van der Waals surface area contributed by atoms with E-state index in [-0.39, 0.29) is 28.6 Å².